The minimum Gasteiger partial charge on any atom is -0.495 e. The molecule has 3 rings (SSSR count). The third-order valence-electron chi connectivity index (χ3n) is 4.84. The molecular weight excluding hydrogens is 342 g/mol. The van der Waals surface area contributed by atoms with E-state index in [0.717, 1.165) is 25.9 Å². The van der Waals surface area contributed by atoms with E-state index in [1.807, 2.05) is 19.1 Å². The number of nitrogens with zero attached hydrogens (tertiary/aromatic N) is 1. The molecule has 2 N–H and O–H groups in total. The van der Waals surface area contributed by atoms with Gasteiger partial charge in [-0.3, -0.25) is 14.5 Å². The molecule has 1 aliphatic rings. The number of hydrogen-bond acceptors (Lipinski definition) is 4. The number of anilines is 2. The van der Waals surface area contributed by atoms with E-state index in [1.165, 1.54) is 0 Å². The van der Waals surface area contributed by atoms with Crippen molar-refractivity contribution in [3.8, 4) is 5.75 Å². The number of methoxy groups -OCH3 is 1. The predicted molar refractivity (Wildman–Crippen MR) is 106 cm³/mol. The van der Waals surface area contributed by atoms with Crippen LogP contribution in [0, 0.1) is 0 Å². The van der Waals surface area contributed by atoms with Gasteiger partial charge in [0.1, 0.15) is 5.75 Å². The molecule has 6 nitrogen and oxygen atoms in total. The first-order valence-corrected chi connectivity index (χ1v) is 9.18. The van der Waals surface area contributed by atoms with Crippen molar-refractivity contribution in [2.45, 2.75) is 25.8 Å². The quantitative estimate of drug-likeness (QED) is 0.821. The van der Waals surface area contributed by atoms with Gasteiger partial charge in [0.25, 0.3) is 5.91 Å². The molecule has 27 heavy (non-hydrogen) atoms. The van der Waals surface area contributed by atoms with Gasteiger partial charge in [0.05, 0.1) is 18.8 Å². The Hall–Kier alpha value is -2.86. The Bertz CT molecular complexity index is 799. The molecule has 142 valence electrons. The van der Waals surface area contributed by atoms with Gasteiger partial charge in [-0.15, -0.1) is 0 Å². The lowest BCUT2D eigenvalue weighted by atomic mass is 10.1. The maximum Gasteiger partial charge on any atom is 0.255 e. The highest BCUT2D eigenvalue weighted by molar-refractivity contribution is 6.05. The third kappa shape index (κ3) is 4.65. The van der Waals surface area contributed by atoms with Crippen LogP contribution in [0.4, 0.5) is 11.4 Å². The van der Waals surface area contributed by atoms with Gasteiger partial charge >= 0.3 is 0 Å². The zero-order valence-corrected chi connectivity index (χ0v) is 15.7. The molecule has 1 fully saturated rings. The second-order valence-electron chi connectivity index (χ2n) is 6.64. The van der Waals surface area contributed by atoms with E-state index in [-0.39, 0.29) is 17.9 Å². The molecule has 0 aliphatic carbocycles. The SMILES string of the molecule is COc1ccccc1NC(=O)c1ccc(NC(=O)C(C)N2CCCC2)cc1. The average Bonchev–Trinajstić information content (AvgIpc) is 3.23. The Morgan fingerprint density at radius 1 is 1.00 bits per heavy atom. The zero-order valence-electron chi connectivity index (χ0n) is 15.7. The Kier molecular flexibility index (Phi) is 6.08. The summed E-state index contributed by atoms with van der Waals surface area (Å²) in [7, 11) is 1.56. The maximum absolute atomic E-state index is 12.4. The van der Waals surface area contributed by atoms with E-state index in [4.69, 9.17) is 4.74 Å². The van der Waals surface area contributed by atoms with E-state index in [0.29, 0.717) is 22.7 Å². The fourth-order valence-electron chi connectivity index (χ4n) is 3.19. The molecule has 0 spiro atoms. The van der Waals surface area contributed by atoms with Crippen LogP contribution in [0.2, 0.25) is 0 Å². The highest BCUT2D eigenvalue weighted by Gasteiger charge is 2.23. The van der Waals surface area contributed by atoms with Gasteiger partial charge in [-0.05, 0) is 69.3 Å². The lowest BCUT2D eigenvalue weighted by Gasteiger charge is -2.22. The molecule has 0 aromatic heterocycles. The maximum atomic E-state index is 12.4. The van der Waals surface area contributed by atoms with Gasteiger partial charge < -0.3 is 15.4 Å². The average molecular weight is 367 g/mol. The monoisotopic (exact) mass is 367 g/mol. The van der Waals surface area contributed by atoms with Crippen LogP contribution in [0.5, 0.6) is 5.75 Å². The summed E-state index contributed by atoms with van der Waals surface area (Å²) >= 11 is 0. The smallest absolute Gasteiger partial charge is 0.255 e. The number of ether oxygens (including phenoxy) is 1. The number of rotatable bonds is 6. The van der Waals surface area contributed by atoms with Gasteiger partial charge in [-0.25, -0.2) is 0 Å². The van der Waals surface area contributed by atoms with E-state index >= 15 is 0 Å². The van der Waals surface area contributed by atoms with Crippen molar-refractivity contribution in [2.75, 3.05) is 30.8 Å². The summed E-state index contributed by atoms with van der Waals surface area (Å²) in [6, 6.07) is 14.0. The zero-order chi connectivity index (χ0) is 19.2. The summed E-state index contributed by atoms with van der Waals surface area (Å²) in [5.41, 5.74) is 1.80. The minimum atomic E-state index is -0.234. The summed E-state index contributed by atoms with van der Waals surface area (Å²) in [5, 5.41) is 5.76. The number of hydrogen-bond donors (Lipinski definition) is 2. The van der Waals surface area contributed by atoms with Crippen LogP contribution in [-0.4, -0.2) is 43.0 Å². The summed E-state index contributed by atoms with van der Waals surface area (Å²) in [6.45, 7) is 3.86. The first-order valence-electron chi connectivity index (χ1n) is 9.18. The van der Waals surface area contributed by atoms with Crippen LogP contribution < -0.4 is 15.4 Å². The van der Waals surface area contributed by atoms with Crippen LogP contribution in [-0.2, 0) is 4.79 Å². The van der Waals surface area contributed by atoms with Crippen molar-refractivity contribution in [1.29, 1.82) is 0 Å². The fourth-order valence-corrected chi connectivity index (χ4v) is 3.19. The normalized spacial score (nSPS) is 15.2. The molecule has 6 heteroatoms. The molecule has 1 unspecified atom stereocenters. The number of benzene rings is 2. The first kappa shape index (κ1) is 18.9. The number of para-hydroxylation sites is 2. The molecule has 1 aliphatic heterocycles. The Morgan fingerprint density at radius 3 is 2.33 bits per heavy atom. The molecule has 2 aromatic carbocycles. The van der Waals surface area contributed by atoms with Crippen molar-refractivity contribution in [1.82, 2.24) is 4.90 Å². The van der Waals surface area contributed by atoms with Gasteiger partial charge in [0.15, 0.2) is 0 Å². The molecule has 2 amide bonds. The largest absolute Gasteiger partial charge is 0.495 e. The highest BCUT2D eigenvalue weighted by atomic mass is 16.5. The molecule has 0 saturated carbocycles. The number of carbonyl (C=O) groups excluding carboxylic acids is 2. The standard InChI is InChI=1S/C21H25N3O3/c1-15(24-13-5-6-14-24)20(25)22-17-11-9-16(10-12-17)21(26)23-18-7-3-4-8-19(18)27-2/h3-4,7-12,15H,5-6,13-14H2,1-2H3,(H,22,25)(H,23,26). The number of carbonyl (C=O) groups is 2. The molecule has 1 atom stereocenters. The van der Waals surface area contributed by atoms with E-state index in [1.54, 1.807) is 43.5 Å². The lowest BCUT2D eigenvalue weighted by molar-refractivity contribution is -0.120. The van der Waals surface area contributed by atoms with Crippen LogP contribution in [0.15, 0.2) is 48.5 Å². The Balaban J connectivity index is 1.61. The van der Waals surface area contributed by atoms with Crippen molar-refractivity contribution in [2.24, 2.45) is 0 Å². The van der Waals surface area contributed by atoms with Crippen LogP contribution in [0.25, 0.3) is 0 Å². The summed E-state index contributed by atoms with van der Waals surface area (Å²) in [4.78, 5) is 27.0. The van der Waals surface area contributed by atoms with Crippen molar-refractivity contribution in [3.63, 3.8) is 0 Å². The molecule has 1 heterocycles. The summed E-state index contributed by atoms with van der Waals surface area (Å²) in [6.07, 6.45) is 2.29. The first-order chi connectivity index (χ1) is 13.1. The molecule has 1 saturated heterocycles. The second kappa shape index (κ2) is 8.68. The van der Waals surface area contributed by atoms with E-state index in [9.17, 15) is 9.59 Å². The van der Waals surface area contributed by atoms with Crippen LogP contribution in [0.1, 0.15) is 30.1 Å². The number of nitrogens with one attached hydrogen (secondary N) is 2. The Labute approximate surface area is 159 Å². The number of amides is 2. The van der Waals surface area contributed by atoms with Crippen molar-refractivity contribution < 1.29 is 14.3 Å². The summed E-state index contributed by atoms with van der Waals surface area (Å²) in [5.74, 6) is 0.344. The van der Waals surface area contributed by atoms with Crippen LogP contribution >= 0.6 is 0 Å². The molecular formula is C21H25N3O3. The minimum absolute atomic E-state index is 0.0249. The van der Waals surface area contributed by atoms with Crippen LogP contribution in [0.3, 0.4) is 0 Å². The van der Waals surface area contributed by atoms with Gasteiger partial charge in [-0.1, -0.05) is 12.1 Å². The van der Waals surface area contributed by atoms with Crippen molar-refractivity contribution in [3.05, 3.63) is 54.1 Å². The number of likely N-dealkylation sites (tertiary alicyclic amines) is 1. The van der Waals surface area contributed by atoms with Crippen molar-refractivity contribution >= 4 is 23.2 Å². The highest BCUT2D eigenvalue weighted by Crippen LogP contribution is 2.24. The summed E-state index contributed by atoms with van der Waals surface area (Å²) < 4.78 is 5.24. The van der Waals surface area contributed by atoms with Gasteiger partial charge in [-0.2, -0.15) is 0 Å². The van der Waals surface area contributed by atoms with E-state index < -0.39 is 0 Å². The third-order valence-corrected chi connectivity index (χ3v) is 4.84. The molecule has 2 aromatic rings. The Morgan fingerprint density at radius 2 is 1.67 bits per heavy atom. The topological polar surface area (TPSA) is 70.7 Å². The molecule has 0 radical (unpaired) electrons. The van der Waals surface area contributed by atoms with Gasteiger partial charge in [0.2, 0.25) is 5.91 Å². The lowest BCUT2D eigenvalue weighted by Crippen LogP contribution is -2.40. The fraction of sp³-hybridized carbons (Fsp3) is 0.333. The second-order valence-corrected chi connectivity index (χ2v) is 6.64. The molecule has 0 bridgehead atoms. The van der Waals surface area contributed by atoms with E-state index in [2.05, 4.69) is 15.5 Å². The van der Waals surface area contributed by atoms with Gasteiger partial charge in [0, 0.05) is 11.3 Å². The predicted octanol–water partition coefficient (Wildman–Crippen LogP) is 3.37.